The minimum absolute atomic E-state index is 0.0918. The lowest BCUT2D eigenvalue weighted by Crippen LogP contribution is -2.13. The monoisotopic (exact) mass is 367 g/mol. The molecule has 1 amide bonds. The number of rotatable bonds is 3. The van der Waals surface area contributed by atoms with Crippen molar-refractivity contribution in [1.82, 2.24) is 9.78 Å². The highest BCUT2D eigenvalue weighted by Crippen LogP contribution is 2.28. The predicted molar refractivity (Wildman–Crippen MR) is 103 cm³/mol. The van der Waals surface area contributed by atoms with Gasteiger partial charge in [-0.1, -0.05) is 36.3 Å². The van der Waals surface area contributed by atoms with Gasteiger partial charge >= 0.3 is 0 Å². The van der Waals surface area contributed by atoms with Gasteiger partial charge in [0.15, 0.2) is 0 Å². The number of aromatic nitrogens is 2. The summed E-state index contributed by atoms with van der Waals surface area (Å²) in [7, 11) is 2.06. The maximum Gasteiger partial charge on any atom is 0.261 e. The molecule has 4 nitrogen and oxygen atoms in total. The third kappa shape index (κ3) is 4.79. The Morgan fingerprint density at radius 3 is 2.37 bits per heavy atom. The average Bonchev–Trinajstić information content (AvgIpc) is 3.03. The number of nitrogens with zero attached hydrogens (tertiary/aromatic N) is 2. The Bertz CT molecular complexity index is 983. The van der Waals surface area contributed by atoms with Crippen molar-refractivity contribution in [2.24, 2.45) is 7.05 Å². The van der Waals surface area contributed by atoms with Crippen molar-refractivity contribution in [3.63, 3.8) is 0 Å². The third-order valence-corrected chi connectivity index (χ3v) is 3.67. The summed E-state index contributed by atoms with van der Waals surface area (Å²) in [6.45, 7) is 1.79. The van der Waals surface area contributed by atoms with Gasteiger partial charge in [0.25, 0.3) is 5.91 Å². The van der Waals surface area contributed by atoms with E-state index in [1.54, 1.807) is 20.0 Å². The van der Waals surface area contributed by atoms with Crippen molar-refractivity contribution in [2.75, 3.05) is 12.5 Å². The molecule has 27 heavy (non-hydrogen) atoms. The Kier molecular flexibility index (Phi) is 6.84. The fraction of sp³-hybridized carbons (Fsp3) is 0.143. The highest BCUT2D eigenvalue weighted by Gasteiger charge is 2.17. The van der Waals surface area contributed by atoms with Crippen LogP contribution in [0.1, 0.15) is 22.8 Å². The number of aryl methyl sites for hydroxylation is 1. The number of alkyl halides is 1. The molecule has 0 spiro atoms. The van der Waals surface area contributed by atoms with Crippen molar-refractivity contribution in [3.05, 3.63) is 71.8 Å². The summed E-state index contributed by atoms with van der Waals surface area (Å²) in [6.07, 6.45) is 1.35. The average molecular weight is 367 g/mol. The lowest BCUT2D eigenvalue weighted by molar-refractivity contribution is 0.102. The second-order valence-corrected chi connectivity index (χ2v) is 5.46. The van der Waals surface area contributed by atoms with Gasteiger partial charge in [0.1, 0.15) is 5.56 Å². The first-order chi connectivity index (χ1) is 13.1. The third-order valence-electron chi connectivity index (χ3n) is 3.67. The minimum Gasteiger partial charge on any atom is -0.321 e. The van der Waals surface area contributed by atoms with E-state index in [-0.39, 0.29) is 5.56 Å². The minimum atomic E-state index is -0.792. The molecule has 0 saturated carbocycles. The molecular weight excluding hydrogens is 348 g/mol. The number of hydrogen-bond acceptors (Lipinski definition) is 2. The van der Waals surface area contributed by atoms with Crippen LogP contribution >= 0.6 is 0 Å². The molecule has 0 aliphatic carbocycles. The molecule has 0 atom stereocenters. The molecule has 2 aromatic carbocycles. The number of halogens is 2. The molecule has 0 aliphatic rings. The molecule has 0 radical (unpaired) electrons. The van der Waals surface area contributed by atoms with Crippen LogP contribution in [0.5, 0.6) is 0 Å². The van der Waals surface area contributed by atoms with Crippen LogP contribution < -0.4 is 5.32 Å². The topological polar surface area (TPSA) is 46.9 Å². The van der Waals surface area contributed by atoms with Gasteiger partial charge in [-0.05, 0) is 30.7 Å². The molecule has 0 bridgehead atoms. The van der Waals surface area contributed by atoms with Crippen molar-refractivity contribution < 1.29 is 13.6 Å². The first-order valence-corrected chi connectivity index (χ1v) is 8.09. The van der Waals surface area contributed by atoms with Gasteiger partial charge in [-0.2, -0.15) is 4.39 Å². The van der Waals surface area contributed by atoms with Crippen molar-refractivity contribution in [3.8, 4) is 23.0 Å². The second kappa shape index (κ2) is 9.30. The van der Waals surface area contributed by atoms with Crippen LogP contribution in [-0.2, 0) is 7.05 Å². The Balaban J connectivity index is 0.00000126. The molecule has 0 saturated heterocycles. The van der Waals surface area contributed by atoms with Crippen LogP contribution in [0.2, 0.25) is 0 Å². The van der Waals surface area contributed by atoms with Gasteiger partial charge in [0.05, 0.1) is 7.18 Å². The Morgan fingerprint density at radius 1 is 1.11 bits per heavy atom. The Morgan fingerprint density at radius 2 is 1.78 bits per heavy atom. The summed E-state index contributed by atoms with van der Waals surface area (Å²) in [6, 6.07) is 15.1. The van der Waals surface area contributed by atoms with Crippen molar-refractivity contribution in [1.29, 1.82) is 0 Å². The number of nitrogens with one attached hydrogen (secondary N) is 1. The number of amides is 1. The number of anilines is 1. The van der Waals surface area contributed by atoms with E-state index < -0.39 is 11.9 Å². The molecule has 1 aromatic heterocycles. The lowest BCUT2D eigenvalue weighted by atomic mass is 10.0. The number of carbonyl (C=O) groups is 1. The molecule has 138 valence electrons. The van der Waals surface area contributed by atoms with Crippen LogP contribution in [0.15, 0.2) is 54.7 Å². The van der Waals surface area contributed by atoms with Crippen LogP contribution in [0.3, 0.4) is 0 Å². The van der Waals surface area contributed by atoms with Crippen molar-refractivity contribution in [2.45, 2.75) is 6.92 Å². The fourth-order valence-electron chi connectivity index (χ4n) is 2.52. The molecular formula is C21H19F2N3O. The van der Waals surface area contributed by atoms with E-state index in [1.807, 2.05) is 42.5 Å². The van der Waals surface area contributed by atoms with Crippen LogP contribution in [-0.4, -0.2) is 22.9 Å². The first kappa shape index (κ1) is 19.9. The number of carbonyl (C=O) groups excluding carboxylic acids is 1. The van der Waals surface area contributed by atoms with Gasteiger partial charge in [-0.25, -0.2) is 0 Å². The number of para-hydroxylation sites is 1. The summed E-state index contributed by atoms with van der Waals surface area (Å²) in [5, 5.41) is 6.32. The van der Waals surface area contributed by atoms with Crippen molar-refractivity contribution >= 4 is 11.6 Å². The SMILES string of the molecule is CC#Cc1ccc(-c2ccccc2NC(=O)c2cn(C)nc2F)cc1.CF. The molecule has 1 heterocycles. The van der Waals surface area contributed by atoms with Gasteiger partial charge in [0, 0.05) is 30.1 Å². The van der Waals surface area contributed by atoms with Gasteiger partial charge in [-0.15, -0.1) is 11.0 Å². The summed E-state index contributed by atoms with van der Waals surface area (Å²) in [5.41, 5.74) is 3.21. The van der Waals surface area contributed by atoms with Crippen LogP contribution in [0.25, 0.3) is 11.1 Å². The maximum absolute atomic E-state index is 13.7. The number of hydrogen-bond donors (Lipinski definition) is 1. The standard InChI is InChI=1S/C20H16FN3O.CH3F/c1-3-6-14-9-11-15(12-10-14)16-7-4-5-8-18(16)22-20(25)17-13-24(2)23-19(17)21;1-2/h4-5,7-13H,1-2H3,(H,22,25);1H3. The highest BCUT2D eigenvalue weighted by molar-refractivity contribution is 6.06. The molecule has 3 aromatic rings. The summed E-state index contributed by atoms with van der Waals surface area (Å²) < 4.78 is 24.5. The van der Waals surface area contributed by atoms with Gasteiger partial charge in [0.2, 0.25) is 5.95 Å². The van der Waals surface area contributed by atoms with Gasteiger partial charge < -0.3 is 5.32 Å². The smallest absolute Gasteiger partial charge is 0.261 e. The Hall–Kier alpha value is -3.46. The largest absolute Gasteiger partial charge is 0.321 e. The van der Waals surface area contributed by atoms with E-state index in [0.29, 0.717) is 12.9 Å². The highest BCUT2D eigenvalue weighted by atomic mass is 19.1. The zero-order valence-corrected chi connectivity index (χ0v) is 15.3. The van der Waals surface area contributed by atoms with Crippen LogP contribution in [0, 0.1) is 17.8 Å². The normalized spacial score (nSPS) is 9.52. The predicted octanol–water partition coefficient (Wildman–Crippen LogP) is 4.44. The van der Waals surface area contributed by atoms with E-state index in [2.05, 4.69) is 22.3 Å². The van der Waals surface area contributed by atoms with Crippen LogP contribution in [0.4, 0.5) is 14.5 Å². The molecule has 0 fully saturated rings. The number of benzene rings is 2. The quantitative estimate of drug-likeness (QED) is 0.696. The molecule has 3 rings (SSSR count). The molecule has 0 aliphatic heterocycles. The molecule has 6 heteroatoms. The van der Waals surface area contributed by atoms with E-state index in [4.69, 9.17) is 0 Å². The second-order valence-electron chi connectivity index (χ2n) is 5.46. The zero-order valence-electron chi connectivity index (χ0n) is 15.3. The first-order valence-electron chi connectivity index (χ1n) is 8.09. The summed E-state index contributed by atoms with van der Waals surface area (Å²) in [5.74, 6) is 4.52. The summed E-state index contributed by atoms with van der Waals surface area (Å²) in [4.78, 5) is 12.3. The van der Waals surface area contributed by atoms with Gasteiger partial charge in [-0.3, -0.25) is 13.9 Å². The molecule has 0 unspecified atom stereocenters. The van der Waals surface area contributed by atoms with E-state index in [1.165, 1.54) is 10.9 Å². The summed E-state index contributed by atoms with van der Waals surface area (Å²) >= 11 is 0. The zero-order chi connectivity index (χ0) is 19.8. The maximum atomic E-state index is 13.7. The van der Waals surface area contributed by atoms with E-state index in [0.717, 1.165) is 16.7 Å². The van der Waals surface area contributed by atoms with E-state index >= 15 is 0 Å². The fourth-order valence-corrected chi connectivity index (χ4v) is 2.52. The van der Waals surface area contributed by atoms with E-state index in [9.17, 15) is 13.6 Å². The lowest BCUT2D eigenvalue weighted by Gasteiger charge is -2.11. The molecule has 1 N–H and O–H groups in total. The Labute approximate surface area is 156 Å².